The Morgan fingerprint density at radius 2 is 1.94 bits per heavy atom. The van der Waals surface area contributed by atoms with Crippen LogP contribution in [-0.2, 0) is 9.59 Å². The van der Waals surface area contributed by atoms with Crippen molar-refractivity contribution in [1.82, 2.24) is 5.16 Å². The monoisotopic (exact) mass is 462 g/mol. The number of hydrogen-bond donors (Lipinski definition) is 1. The van der Waals surface area contributed by atoms with E-state index in [1.54, 1.807) is 62.6 Å². The molecule has 3 aromatic rings. The molecule has 0 spiro atoms. The maximum absolute atomic E-state index is 13.2. The lowest BCUT2D eigenvalue weighted by Gasteiger charge is -2.23. The highest BCUT2D eigenvalue weighted by atomic mass is 16.5. The van der Waals surface area contributed by atoms with Crippen LogP contribution in [0.5, 0.6) is 11.5 Å². The third-order valence-corrected chi connectivity index (χ3v) is 5.62. The first-order valence-corrected chi connectivity index (χ1v) is 11.0. The highest BCUT2D eigenvalue weighted by Gasteiger charge is 2.48. The number of carbonyl (C=O) groups excluding carboxylic acids is 2. The molecule has 1 fully saturated rings. The van der Waals surface area contributed by atoms with Crippen molar-refractivity contribution in [2.75, 3.05) is 18.6 Å². The maximum Gasteiger partial charge on any atom is 0.301 e. The van der Waals surface area contributed by atoms with E-state index in [2.05, 4.69) is 5.16 Å². The van der Waals surface area contributed by atoms with E-state index >= 15 is 0 Å². The summed E-state index contributed by atoms with van der Waals surface area (Å²) in [6.45, 7) is 6.06. The Kier molecular flexibility index (Phi) is 6.40. The van der Waals surface area contributed by atoms with Crippen molar-refractivity contribution >= 4 is 23.3 Å². The van der Waals surface area contributed by atoms with Crippen molar-refractivity contribution in [3.63, 3.8) is 0 Å². The normalized spacial score (nSPS) is 17.3. The molecule has 4 rings (SSSR count). The Hall–Kier alpha value is -4.07. The number of anilines is 1. The quantitative estimate of drug-likeness (QED) is 0.308. The van der Waals surface area contributed by atoms with E-state index in [4.69, 9.17) is 14.0 Å². The molecule has 0 aliphatic carbocycles. The summed E-state index contributed by atoms with van der Waals surface area (Å²) in [5.41, 5.74) is 1.73. The van der Waals surface area contributed by atoms with Gasteiger partial charge in [-0.25, -0.2) is 0 Å². The molecule has 8 nitrogen and oxygen atoms in total. The first-order valence-electron chi connectivity index (χ1n) is 11.0. The van der Waals surface area contributed by atoms with Gasteiger partial charge in [0, 0.05) is 11.6 Å². The van der Waals surface area contributed by atoms with Gasteiger partial charge in [0.2, 0.25) is 0 Å². The van der Waals surface area contributed by atoms with Crippen LogP contribution in [0.3, 0.4) is 0 Å². The number of hydrogen-bond acceptors (Lipinski definition) is 7. The van der Waals surface area contributed by atoms with Gasteiger partial charge in [-0.2, -0.15) is 0 Å². The standard InChI is InChI=1S/C26H26N2O6/c1-5-11-33-19-8-6-7-17(14-19)23-22(24(29)18-9-10-20(32-4)15(2)12-18)25(30)26(31)28(23)21-13-16(3)34-27-21/h6-10,12-14,23,29H,5,11H2,1-4H3. The van der Waals surface area contributed by atoms with Crippen LogP contribution in [0.1, 0.15) is 41.8 Å². The number of aliphatic hydroxyl groups excluding tert-OH is 1. The number of carbonyl (C=O) groups is 2. The van der Waals surface area contributed by atoms with Gasteiger partial charge in [0.15, 0.2) is 5.82 Å². The Balaban J connectivity index is 1.90. The lowest BCUT2D eigenvalue weighted by molar-refractivity contribution is -0.132. The minimum Gasteiger partial charge on any atom is -0.507 e. The van der Waals surface area contributed by atoms with Crippen LogP contribution in [0, 0.1) is 13.8 Å². The number of methoxy groups -OCH3 is 1. The smallest absolute Gasteiger partial charge is 0.301 e. The predicted molar refractivity (Wildman–Crippen MR) is 126 cm³/mol. The van der Waals surface area contributed by atoms with Crippen molar-refractivity contribution in [3.8, 4) is 11.5 Å². The summed E-state index contributed by atoms with van der Waals surface area (Å²) in [6.07, 6.45) is 0.831. The van der Waals surface area contributed by atoms with Crippen molar-refractivity contribution in [3.05, 3.63) is 76.6 Å². The zero-order valence-corrected chi connectivity index (χ0v) is 19.5. The number of ether oxygens (including phenoxy) is 2. The zero-order valence-electron chi connectivity index (χ0n) is 19.5. The Bertz CT molecular complexity index is 1280. The molecule has 8 heteroatoms. The summed E-state index contributed by atoms with van der Waals surface area (Å²) >= 11 is 0. The minimum atomic E-state index is -0.919. The van der Waals surface area contributed by atoms with Gasteiger partial charge < -0.3 is 19.1 Å². The molecule has 1 saturated heterocycles. The van der Waals surface area contributed by atoms with E-state index < -0.39 is 17.7 Å². The lowest BCUT2D eigenvalue weighted by Crippen LogP contribution is -2.29. The summed E-state index contributed by atoms with van der Waals surface area (Å²) < 4.78 is 16.2. The van der Waals surface area contributed by atoms with E-state index in [1.165, 1.54) is 4.90 Å². The van der Waals surface area contributed by atoms with Crippen molar-refractivity contribution in [2.45, 2.75) is 33.2 Å². The fraction of sp³-hybridized carbons (Fsp3) is 0.269. The zero-order chi connectivity index (χ0) is 24.4. The molecule has 176 valence electrons. The van der Waals surface area contributed by atoms with Gasteiger partial charge in [0.05, 0.1) is 25.3 Å². The summed E-state index contributed by atoms with van der Waals surface area (Å²) in [4.78, 5) is 27.7. The molecule has 1 atom stereocenters. The largest absolute Gasteiger partial charge is 0.507 e. The minimum absolute atomic E-state index is 0.0390. The van der Waals surface area contributed by atoms with Crippen molar-refractivity contribution in [2.24, 2.45) is 0 Å². The number of aliphatic hydroxyl groups is 1. The Morgan fingerprint density at radius 3 is 2.59 bits per heavy atom. The van der Waals surface area contributed by atoms with Gasteiger partial charge in [-0.05, 0) is 61.7 Å². The highest BCUT2D eigenvalue weighted by molar-refractivity contribution is 6.51. The van der Waals surface area contributed by atoms with E-state index in [0.29, 0.717) is 35.0 Å². The molecule has 2 aromatic carbocycles. The summed E-state index contributed by atoms with van der Waals surface area (Å²) in [5.74, 6) is 0.0306. The molecule has 1 aliphatic heterocycles. The SMILES string of the molecule is CCCOc1cccc(C2C(=C(O)c3ccc(OC)c(C)c3)C(=O)C(=O)N2c2cc(C)on2)c1. The molecule has 1 aliphatic rings. The molecule has 34 heavy (non-hydrogen) atoms. The summed E-state index contributed by atoms with van der Waals surface area (Å²) in [5, 5.41) is 15.2. The molecule has 0 saturated carbocycles. The Labute approximate surface area is 197 Å². The fourth-order valence-corrected chi connectivity index (χ4v) is 4.03. The fourth-order valence-electron chi connectivity index (χ4n) is 4.03. The van der Waals surface area contributed by atoms with Crippen molar-refractivity contribution < 1.29 is 28.7 Å². The van der Waals surface area contributed by atoms with E-state index in [9.17, 15) is 14.7 Å². The number of ketones is 1. The topological polar surface area (TPSA) is 102 Å². The van der Waals surface area contributed by atoms with Gasteiger partial charge in [0.25, 0.3) is 5.78 Å². The second-order valence-electron chi connectivity index (χ2n) is 8.07. The van der Waals surface area contributed by atoms with E-state index in [1.807, 2.05) is 13.8 Å². The number of nitrogens with zero attached hydrogens (tertiary/aromatic N) is 2. The maximum atomic E-state index is 13.2. The highest BCUT2D eigenvalue weighted by Crippen LogP contribution is 2.42. The van der Waals surface area contributed by atoms with E-state index in [0.717, 1.165) is 12.0 Å². The summed E-state index contributed by atoms with van der Waals surface area (Å²) in [7, 11) is 1.56. The van der Waals surface area contributed by atoms with Crippen molar-refractivity contribution in [1.29, 1.82) is 0 Å². The number of benzene rings is 2. The van der Waals surface area contributed by atoms with Crippen LogP contribution in [0.4, 0.5) is 5.82 Å². The first-order chi connectivity index (χ1) is 16.3. The van der Waals surface area contributed by atoms with E-state index in [-0.39, 0.29) is 17.2 Å². The van der Waals surface area contributed by atoms with Crippen LogP contribution in [0.25, 0.3) is 5.76 Å². The molecular formula is C26H26N2O6. The molecule has 0 bridgehead atoms. The van der Waals surface area contributed by atoms with Crippen LogP contribution in [0.15, 0.2) is 58.6 Å². The Morgan fingerprint density at radius 1 is 1.15 bits per heavy atom. The number of rotatable bonds is 7. The summed E-state index contributed by atoms with van der Waals surface area (Å²) in [6, 6.07) is 12.8. The molecule has 1 amide bonds. The lowest BCUT2D eigenvalue weighted by atomic mass is 9.94. The molecule has 2 heterocycles. The molecule has 1 aromatic heterocycles. The van der Waals surface area contributed by atoms with Crippen LogP contribution < -0.4 is 14.4 Å². The number of Topliss-reactive ketones (excluding diaryl/α,β-unsaturated/α-hetero) is 1. The number of aromatic nitrogens is 1. The van der Waals surface area contributed by atoms with Crippen LogP contribution >= 0.6 is 0 Å². The number of amides is 1. The predicted octanol–water partition coefficient (Wildman–Crippen LogP) is 4.72. The van der Waals surface area contributed by atoms with Gasteiger partial charge in [0.1, 0.15) is 23.0 Å². The molecule has 0 radical (unpaired) electrons. The van der Waals surface area contributed by atoms with Gasteiger partial charge in [-0.3, -0.25) is 14.5 Å². The van der Waals surface area contributed by atoms with Gasteiger partial charge in [-0.1, -0.05) is 24.2 Å². The average molecular weight is 463 g/mol. The van der Waals surface area contributed by atoms with Gasteiger partial charge >= 0.3 is 5.91 Å². The third kappa shape index (κ3) is 4.14. The van der Waals surface area contributed by atoms with Crippen LogP contribution in [-0.4, -0.2) is 35.7 Å². The molecule has 1 N–H and O–H groups in total. The molecule has 1 unspecified atom stereocenters. The number of aryl methyl sites for hydroxylation is 2. The first kappa shape index (κ1) is 23.1. The third-order valence-electron chi connectivity index (χ3n) is 5.62. The average Bonchev–Trinajstić information content (AvgIpc) is 3.37. The van der Waals surface area contributed by atoms with Crippen LogP contribution in [0.2, 0.25) is 0 Å². The van der Waals surface area contributed by atoms with Gasteiger partial charge in [-0.15, -0.1) is 0 Å². The second-order valence-corrected chi connectivity index (χ2v) is 8.07. The molecular weight excluding hydrogens is 436 g/mol. The second kappa shape index (κ2) is 9.43.